The first kappa shape index (κ1) is 15.2. The monoisotopic (exact) mass is 347 g/mol. The highest BCUT2D eigenvalue weighted by Crippen LogP contribution is 2.21. The van der Waals surface area contributed by atoms with Crippen LogP contribution in [0.4, 0.5) is 0 Å². The summed E-state index contributed by atoms with van der Waals surface area (Å²) < 4.78 is 3.73. The molecule has 0 saturated carbocycles. The van der Waals surface area contributed by atoms with E-state index in [-0.39, 0.29) is 0 Å². The molecule has 0 spiro atoms. The molecule has 0 bridgehead atoms. The molecule has 0 radical (unpaired) electrons. The molecule has 4 rings (SSSR count). The maximum atomic E-state index is 5.11. The van der Waals surface area contributed by atoms with Gasteiger partial charge >= 0.3 is 0 Å². The molecule has 4 aromatic rings. The number of aromatic amines is 1. The van der Waals surface area contributed by atoms with Gasteiger partial charge in [0.25, 0.3) is 0 Å². The Kier molecular flexibility index (Phi) is 4.01. The minimum atomic E-state index is 0.426. The standard InChI is InChI=1S/C17H13N7S/c25-17-21-19-12-24(17)20-10-14-11-23(15-6-2-1-3-7-15)22-16(14)13-5-4-8-18-9-13/h1-12H,(H,21,25)/b20-10-. The van der Waals surface area contributed by atoms with E-state index in [4.69, 9.17) is 17.3 Å². The van der Waals surface area contributed by atoms with Crippen LogP contribution in [-0.4, -0.2) is 35.9 Å². The number of pyridine rings is 1. The van der Waals surface area contributed by atoms with Crippen LogP contribution in [0.2, 0.25) is 0 Å². The lowest BCUT2D eigenvalue weighted by Gasteiger charge is -1.99. The number of aromatic nitrogens is 6. The Bertz CT molecular complexity index is 1060. The predicted molar refractivity (Wildman–Crippen MR) is 97.2 cm³/mol. The Labute approximate surface area is 148 Å². The van der Waals surface area contributed by atoms with E-state index in [2.05, 4.69) is 20.3 Å². The first-order chi connectivity index (χ1) is 12.3. The summed E-state index contributed by atoms with van der Waals surface area (Å²) in [5, 5.41) is 15.6. The number of H-pyrrole nitrogens is 1. The number of nitrogens with zero attached hydrogens (tertiary/aromatic N) is 6. The number of benzene rings is 1. The van der Waals surface area contributed by atoms with Crippen molar-refractivity contribution in [2.75, 3.05) is 0 Å². The van der Waals surface area contributed by atoms with E-state index in [1.807, 2.05) is 53.3 Å². The summed E-state index contributed by atoms with van der Waals surface area (Å²) in [7, 11) is 0. The molecular formula is C17H13N7S. The fraction of sp³-hybridized carbons (Fsp3) is 0. The van der Waals surface area contributed by atoms with Crippen LogP contribution in [0.5, 0.6) is 0 Å². The van der Waals surface area contributed by atoms with Gasteiger partial charge in [-0.3, -0.25) is 10.1 Å². The van der Waals surface area contributed by atoms with Crippen molar-refractivity contribution in [2.24, 2.45) is 5.10 Å². The zero-order chi connectivity index (χ0) is 17.1. The van der Waals surface area contributed by atoms with Gasteiger partial charge in [-0.25, -0.2) is 4.68 Å². The summed E-state index contributed by atoms with van der Waals surface area (Å²) in [4.78, 5) is 4.18. The van der Waals surface area contributed by atoms with Gasteiger partial charge in [-0.2, -0.15) is 20.0 Å². The highest BCUT2D eigenvalue weighted by molar-refractivity contribution is 7.71. The topological polar surface area (TPSA) is 76.7 Å². The largest absolute Gasteiger partial charge is 0.264 e. The van der Waals surface area contributed by atoms with Crippen molar-refractivity contribution in [3.63, 3.8) is 0 Å². The quantitative estimate of drug-likeness (QED) is 0.455. The lowest BCUT2D eigenvalue weighted by atomic mass is 10.1. The van der Waals surface area contributed by atoms with E-state index < -0.39 is 0 Å². The summed E-state index contributed by atoms with van der Waals surface area (Å²) in [6.45, 7) is 0. The van der Waals surface area contributed by atoms with Gasteiger partial charge in [0, 0.05) is 29.7 Å². The van der Waals surface area contributed by atoms with Crippen molar-refractivity contribution >= 4 is 18.4 Å². The molecule has 0 unspecified atom stereocenters. The van der Waals surface area contributed by atoms with Crippen LogP contribution in [0.25, 0.3) is 16.9 Å². The van der Waals surface area contributed by atoms with Gasteiger partial charge in [-0.05, 0) is 36.5 Å². The van der Waals surface area contributed by atoms with E-state index in [1.165, 1.54) is 11.0 Å². The molecule has 0 aliphatic carbocycles. The van der Waals surface area contributed by atoms with Crippen LogP contribution < -0.4 is 0 Å². The molecule has 122 valence electrons. The second kappa shape index (κ2) is 6.62. The van der Waals surface area contributed by atoms with Crippen molar-refractivity contribution < 1.29 is 0 Å². The Morgan fingerprint density at radius 1 is 1.12 bits per heavy atom. The summed E-state index contributed by atoms with van der Waals surface area (Å²) in [5.74, 6) is 0. The molecule has 0 saturated heterocycles. The van der Waals surface area contributed by atoms with E-state index in [0.29, 0.717) is 4.77 Å². The van der Waals surface area contributed by atoms with Gasteiger partial charge < -0.3 is 0 Å². The smallest absolute Gasteiger partial charge is 0.216 e. The fourth-order valence-corrected chi connectivity index (χ4v) is 2.52. The molecule has 25 heavy (non-hydrogen) atoms. The van der Waals surface area contributed by atoms with Gasteiger partial charge in [0.2, 0.25) is 4.77 Å². The molecule has 0 amide bonds. The first-order valence-corrected chi connectivity index (χ1v) is 7.94. The Hall–Kier alpha value is -3.39. The zero-order valence-electron chi connectivity index (χ0n) is 13.0. The normalized spacial score (nSPS) is 11.2. The number of hydrogen-bond acceptors (Lipinski definition) is 5. The Morgan fingerprint density at radius 2 is 2.00 bits per heavy atom. The molecular weight excluding hydrogens is 334 g/mol. The van der Waals surface area contributed by atoms with Crippen LogP contribution in [0, 0.1) is 4.77 Å². The molecule has 0 atom stereocenters. The Morgan fingerprint density at radius 3 is 2.72 bits per heavy atom. The number of rotatable bonds is 4. The Balaban J connectivity index is 1.81. The molecule has 7 nitrogen and oxygen atoms in total. The van der Waals surface area contributed by atoms with Crippen molar-refractivity contribution in [1.29, 1.82) is 0 Å². The van der Waals surface area contributed by atoms with Crippen molar-refractivity contribution in [3.05, 3.63) is 77.7 Å². The predicted octanol–water partition coefficient (Wildman–Crippen LogP) is 3.07. The third-order valence-corrected chi connectivity index (χ3v) is 3.83. The second-order valence-corrected chi connectivity index (χ2v) is 5.59. The van der Waals surface area contributed by atoms with Gasteiger partial charge in [-0.15, -0.1) is 0 Å². The highest BCUT2D eigenvalue weighted by atomic mass is 32.1. The zero-order valence-corrected chi connectivity index (χ0v) is 13.8. The van der Waals surface area contributed by atoms with E-state index in [0.717, 1.165) is 22.5 Å². The van der Waals surface area contributed by atoms with E-state index in [1.54, 1.807) is 18.6 Å². The minimum absolute atomic E-state index is 0.426. The average Bonchev–Trinajstić information content (AvgIpc) is 3.27. The highest BCUT2D eigenvalue weighted by Gasteiger charge is 2.11. The van der Waals surface area contributed by atoms with Crippen molar-refractivity contribution in [1.82, 2.24) is 29.6 Å². The summed E-state index contributed by atoms with van der Waals surface area (Å²) in [5.41, 5.74) is 3.51. The van der Waals surface area contributed by atoms with E-state index >= 15 is 0 Å². The summed E-state index contributed by atoms with van der Waals surface area (Å²) in [6.07, 6.45) is 8.66. The minimum Gasteiger partial charge on any atom is -0.264 e. The third-order valence-electron chi connectivity index (χ3n) is 3.55. The van der Waals surface area contributed by atoms with Gasteiger partial charge in [0.15, 0.2) is 0 Å². The molecule has 1 N–H and O–H groups in total. The number of nitrogens with one attached hydrogen (secondary N) is 1. The van der Waals surface area contributed by atoms with Crippen LogP contribution in [0.3, 0.4) is 0 Å². The molecule has 3 aromatic heterocycles. The van der Waals surface area contributed by atoms with E-state index in [9.17, 15) is 0 Å². The maximum absolute atomic E-state index is 5.11. The fourth-order valence-electron chi connectivity index (χ4n) is 2.37. The third kappa shape index (κ3) is 3.15. The summed E-state index contributed by atoms with van der Waals surface area (Å²) >= 11 is 5.11. The lowest BCUT2D eigenvalue weighted by Crippen LogP contribution is -1.94. The first-order valence-electron chi connectivity index (χ1n) is 7.53. The average molecular weight is 347 g/mol. The molecule has 0 aliphatic rings. The van der Waals surface area contributed by atoms with Crippen LogP contribution >= 0.6 is 12.2 Å². The number of para-hydroxylation sites is 1. The van der Waals surface area contributed by atoms with Crippen LogP contribution in [0.1, 0.15) is 5.56 Å². The summed E-state index contributed by atoms with van der Waals surface area (Å²) in [6, 6.07) is 13.7. The molecule has 3 heterocycles. The maximum Gasteiger partial charge on any atom is 0.216 e. The lowest BCUT2D eigenvalue weighted by molar-refractivity contribution is 0.862. The van der Waals surface area contributed by atoms with Crippen molar-refractivity contribution in [2.45, 2.75) is 0 Å². The molecule has 8 heteroatoms. The van der Waals surface area contributed by atoms with Gasteiger partial charge in [0.05, 0.1) is 11.9 Å². The van der Waals surface area contributed by atoms with Crippen LogP contribution in [-0.2, 0) is 0 Å². The molecule has 1 aromatic carbocycles. The molecule has 0 aliphatic heterocycles. The van der Waals surface area contributed by atoms with Crippen molar-refractivity contribution in [3.8, 4) is 16.9 Å². The number of hydrogen-bond donors (Lipinski definition) is 1. The molecule has 0 fully saturated rings. The second-order valence-electron chi connectivity index (χ2n) is 5.21. The SMILES string of the molecule is S=c1[nH]ncn1/N=C\c1cn(-c2ccccc2)nc1-c1cccnc1. The van der Waals surface area contributed by atoms with Crippen LogP contribution in [0.15, 0.2) is 72.5 Å². The van der Waals surface area contributed by atoms with Gasteiger partial charge in [0.1, 0.15) is 12.0 Å². The van der Waals surface area contributed by atoms with Gasteiger partial charge in [-0.1, -0.05) is 18.2 Å².